The first-order valence-corrected chi connectivity index (χ1v) is 9.48. The van der Waals surface area contributed by atoms with E-state index in [0.29, 0.717) is 16.3 Å². The van der Waals surface area contributed by atoms with Crippen LogP contribution in [0.1, 0.15) is 0 Å². The van der Waals surface area contributed by atoms with Crippen molar-refractivity contribution in [2.45, 2.75) is 4.90 Å². The van der Waals surface area contributed by atoms with Crippen LogP contribution in [-0.4, -0.2) is 20.4 Å². The van der Waals surface area contributed by atoms with E-state index in [1.807, 2.05) is 6.07 Å². The van der Waals surface area contributed by atoms with Crippen molar-refractivity contribution >= 4 is 27.1 Å². The molecule has 3 aromatic rings. The first kappa shape index (κ1) is 18.4. The van der Waals surface area contributed by atoms with Crippen LogP contribution in [0, 0.1) is 5.21 Å². The van der Waals surface area contributed by atoms with Crippen molar-refractivity contribution in [2.24, 2.45) is 5.11 Å². The van der Waals surface area contributed by atoms with Gasteiger partial charge in [-0.15, -0.1) is 0 Å². The minimum absolute atomic E-state index is 0.0514. The molecule has 0 aliphatic heterocycles. The van der Waals surface area contributed by atoms with Crippen LogP contribution in [0.3, 0.4) is 0 Å². The molecule has 0 atom stereocenters. The number of nitrogens with one attached hydrogen (secondary N) is 1. The fourth-order valence-electron chi connectivity index (χ4n) is 2.34. The number of benzene rings is 3. The molecule has 0 spiro atoms. The standard InChI is InChI=1S/C19H17N3O4S/c1-26-16-11-13-17(14-12-16)27(24,25)21-18-9-5-6-10-19(18)22(23)20-15-7-3-2-4-8-15/h2-14,21H,1H3. The highest BCUT2D eigenvalue weighted by molar-refractivity contribution is 7.92. The van der Waals surface area contributed by atoms with E-state index in [1.165, 1.54) is 31.4 Å². The van der Waals surface area contributed by atoms with Gasteiger partial charge in [-0.1, -0.05) is 30.3 Å². The van der Waals surface area contributed by atoms with E-state index in [4.69, 9.17) is 4.74 Å². The second-order valence-corrected chi connectivity index (χ2v) is 7.19. The summed E-state index contributed by atoms with van der Waals surface area (Å²) < 4.78 is 32.7. The van der Waals surface area contributed by atoms with Crippen molar-refractivity contribution in [1.29, 1.82) is 0 Å². The number of hydrogen-bond donors (Lipinski definition) is 1. The molecule has 0 aliphatic carbocycles. The van der Waals surface area contributed by atoms with E-state index in [-0.39, 0.29) is 16.3 Å². The Kier molecular flexibility index (Phi) is 5.37. The number of ether oxygens (including phenoxy) is 1. The van der Waals surface area contributed by atoms with E-state index >= 15 is 0 Å². The van der Waals surface area contributed by atoms with Crippen LogP contribution in [0.25, 0.3) is 0 Å². The summed E-state index contributed by atoms with van der Waals surface area (Å²) >= 11 is 0. The first-order chi connectivity index (χ1) is 13.0. The van der Waals surface area contributed by atoms with Crippen molar-refractivity contribution in [3.63, 3.8) is 0 Å². The SMILES string of the molecule is COc1ccc(S(=O)(=O)Nc2ccccc2[N+]([O-])=Nc2ccccc2)cc1. The highest BCUT2D eigenvalue weighted by atomic mass is 32.2. The maximum absolute atomic E-state index is 12.6. The number of nitrogens with zero attached hydrogens (tertiary/aromatic N) is 2. The number of rotatable bonds is 6. The summed E-state index contributed by atoms with van der Waals surface area (Å²) in [5.41, 5.74) is 0.668. The Morgan fingerprint density at radius 1 is 0.926 bits per heavy atom. The number of azo groups is 1. The van der Waals surface area contributed by atoms with Gasteiger partial charge in [0.05, 0.1) is 12.0 Å². The predicted octanol–water partition coefficient (Wildman–Crippen LogP) is 4.42. The monoisotopic (exact) mass is 383 g/mol. The molecule has 0 amide bonds. The Balaban J connectivity index is 1.92. The maximum atomic E-state index is 12.6. The van der Waals surface area contributed by atoms with E-state index in [1.54, 1.807) is 48.5 Å². The van der Waals surface area contributed by atoms with Crippen LogP contribution in [-0.2, 0) is 10.0 Å². The quantitative estimate of drug-likeness (QED) is 0.387. The van der Waals surface area contributed by atoms with Gasteiger partial charge in [-0.3, -0.25) is 4.72 Å². The molecular weight excluding hydrogens is 366 g/mol. The maximum Gasteiger partial charge on any atom is 0.268 e. The van der Waals surface area contributed by atoms with Crippen LogP contribution >= 0.6 is 0 Å². The minimum atomic E-state index is -3.88. The molecule has 3 aromatic carbocycles. The smallest absolute Gasteiger partial charge is 0.268 e. The van der Waals surface area contributed by atoms with Gasteiger partial charge in [0.2, 0.25) is 0 Å². The average Bonchev–Trinajstić information content (AvgIpc) is 2.69. The van der Waals surface area contributed by atoms with Crippen molar-refractivity contribution in [3.8, 4) is 5.75 Å². The Labute approximate surface area is 157 Å². The molecule has 0 fully saturated rings. The van der Waals surface area contributed by atoms with Crippen LogP contribution in [0.4, 0.5) is 17.1 Å². The third-order valence-electron chi connectivity index (χ3n) is 3.69. The molecular formula is C19H17N3O4S. The fraction of sp³-hybridized carbons (Fsp3) is 0.0526. The van der Waals surface area contributed by atoms with Crippen molar-refractivity contribution in [2.75, 3.05) is 11.8 Å². The summed E-state index contributed by atoms with van der Waals surface area (Å²) in [5.74, 6) is 0.543. The van der Waals surface area contributed by atoms with Gasteiger partial charge >= 0.3 is 0 Å². The second kappa shape index (κ2) is 7.88. The number of para-hydroxylation sites is 2. The Bertz CT molecular complexity index is 1050. The molecule has 0 saturated carbocycles. The van der Waals surface area contributed by atoms with Crippen molar-refractivity contribution in [1.82, 2.24) is 0 Å². The van der Waals surface area contributed by atoms with Gasteiger partial charge in [-0.25, -0.2) is 8.42 Å². The van der Waals surface area contributed by atoms with Crippen LogP contribution in [0.2, 0.25) is 0 Å². The Morgan fingerprint density at radius 2 is 1.56 bits per heavy atom. The van der Waals surface area contributed by atoms with E-state index in [2.05, 4.69) is 9.84 Å². The number of methoxy groups -OCH3 is 1. The zero-order valence-electron chi connectivity index (χ0n) is 14.4. The zero-order valence-corrected chi connectivity index (χ0v) is 15.3. The Morgan fingerprint density at radius 3 is 2.22 bits per heavy atom. The van der Waals surface area contributed by atoms with Crippen LogP contribution < -0.4 is 9.46 Å². The fourth-order valence-corrected chi connectivity index (χ4v) is 3.41. The number of sulfonamides is 1. The predicted molar refractivity (Wildman–Crippen MR) is 102 cm³/mol. The van der Waals surface area contributed by atoms with Crippen molar-refractivity contribution < 1.29 is 18.0 Å². The molecule has 27 heavy (non-hydrogen) atoms. The molecule has 0 unspecified atom stereocenters. The molecule has 3 rings (SSSR count). The van der Waals surface area contributed by atoms with Gasteiger partial charge in [-0.05, 0) is 47.3 Å². The van der Waals surface area contributed by atoms with E-state index in [9.17, 15) is 13.6 Å². The van der Waals surface area contributed by atoms with Gasteiger partial charge in [0, 0.05) is 11.2 Å². The molecule has 0 aliphatic rings. The topological polar surface area (TPSA) is 93.8 Å². The highest BCUT2D eigenvalue weighted by Gasteiger charge is 2.19. The van der Waals surface area contributed by atoms with Crippen molar-refractivity contribution in [3.05, 3.63) is 84.1 Å². The molecule has 0 heterocycles. The molecule has 1 N–H and O–H groups in total. The molecule has 0 aromatic heterocycles. The second-order valence-electron chi connectivity index (χ2n) is 5.51. The summed E-state index contributed by atoms with van der Waals surface area (Å²) in [6.07, 6.45) is 0. The molecule has 8 heteroatoms. The average molecular weight is 383 g/mol. The van der Waals surface area contributed by atoms with Gasteiger partial charge in [0.15, 0.2) is 0 Å². The summed E-state index contributed by atoms with van der Waals surface area (Å²) in [6, 6.07) is 20.9. The Hall–Kier alpha value is -3.39. The lowest BCUT2D eigenvalue weighted by Gasteiger charge is -2.10. The van der Waals surface area contributed by atoms with Gasteiger partial charge < -0.3 is 9.94 Å². The van der Waals surface area contributed by atoms with Gasteiger partial charge in [0.1, 0.15) is 17.1 Å². The molecule has 0 radical (unpaired) electrons. The molecule has 0 saturated heterocycles. The number of hydrogen-bond acceptors (Lipinski definition) is 5. The van der Waals surface area contributed by atoms with Crippen LogP contribution in [0.5, 0.6) is 5.75 Å². The molecule has 7 nitrogen and oxygen atoms in total. The van der Waals surface area contributed by atoms with E-state index < -0.39 is 10.0 Å². The number of anilines is 1. The largest absolute Gasteiger partial charge is 0.594 e. The third-order valence-corrected chi connectivity index (χ3v) is 5.07. The van der Waals surface area contributed by atoms with Gasteiger partial charge in [-0.2, -0.15) is 0 Å². The van der Waals surface area contributed by atoms with Gasteiger partial charge in [0.25, 0.3) is 15.7 Å². The van der Waals surface area contributed by atoms with E-state index in [0.717, 1.165) is 0 Å². The minimum Gasteiger partial charge on any atom is -0.594 e. The summed E-state index contributed by atoms with van der Waals surface area (Å²) in [6.45, 7) is 0. The lowest BCUT2D eigenvalue weighted by molar-refractivity contribution is -0.434. The lowest BCUT2D eigenvalue weighted by Crippen LogP contribution is -2.14. The summed E-state index contributed by atoms with van der Waals surface area (Å²) in [5, 5.41) is 16.4. The lowest BCUT2D eigenvalue weighted by atomic mass is 10.3. The molecule has 0 bridgehead atoms. The van der Waals surface area contributed by atoms with Crippen LogP contribution in [0.15, 0.2) is 88.9 Å². The summed E-state index contributed by atoms with van der Waals surface area (Å²) in [4.78, 5) is 0.442. The zero-order chi connectivity index (χ0) is 19.3. The highest BCUT2D eigenvalue weighted by Crippen LogP contribution is 2.28. The first-order valence-electron chi connectivity index (χ1n) is 7.99. The third kappa shape index (κ3) is 4.42. The normalized spacial score (nSPS) is 11.8. The summed E-state index contributed by atoms with van der Waals surface area (Å²) in [7, 11) is -2.38. The molecule has 138 valence electrons.